The number of carbonyl (C=O) groups excluding carboxylic acids is 1. The van der Waals surface area contributed by atoms with Crippen molar-refractivity contribution < 1.29 is 18.3 Å². The number of nitrogens with zero attached hydrogens (tertiary/aromatic N) is 2. The number of aliphatic hydroxyl groups excluding tert-OH is 1. The fourth-order valence-electron chi connectivity index (χ4n) is 3.72. The van der Waals surface area contributed by atoms with Gasteiger partial charge in [-0.05, 0) is 56.2 Å². The number of aryl methyl sites for hydroxylation is 1. The van der Waals surface area contributed by atoms with Gasteiger partial charge in [-0.2, -0.15) is 0 Å². The van der Waals surface area contributed by atoms with E-state index in [2.05, 4.69) is 0 Å². The molecule has 30 heavy (non-hydrogen) atoms. The minimum atomic E-state index is -3.99. The monoisotopic (exact) mass is 450 g/mol. The summed E-state index contributed by atoms with van der Waals surface area (Å²) in [6, 6.07) is 12.6. The average Bonchev–Trinajstić information content (AvgIpc) is 2.72. The molecule has 0 aliphatic heterocycles. The molecule has 162 valence electrons. The molecule has 0 aromatic heterocycles. The molecule has 0 spiro atoms. The molecule has 2 aromatic rings. The Kier molecular flexibility index (Phi) is 7.06. The second-order valence-electron chi connectivity index (χ2n) is 7.72. The number of rotatable bonds is 6. The van der Waals surface area contributed by atoms with E-state index in [1.54, 1.807) is 31.3 Å². The Bertz CT molecular complexity index is 977. The molecule has 3 rings (SSSR count). The van der Waals surface area contributed by atoms with Gasteiger partial charge >= 0.3 is 0 Å². The van der Waals surface area contributed by atoms with E-state index < -0.39 is 16.1 Å². The van der Waals surface area contributed by atoms with E-state index in [1.807, 2.05) is 6.92 Å². The molecule has 6 nitrogen and oxygen atoms in total. The van der Waals surface area contributed by atoms with Gasteiger partial charge in [0.05, 0.1) is 22.7 Å². The van der Waals surface area contributed by atoms with Gasteiger partial charge in [0.1, 0.15) is 6.54 Å². The van der Waals surface area contributed by atoms with E-state index in [4.69, 9.17) is 11.6 Å². The molecule has 1 aliphatic rings. The van der Waals surface area contributed by atoms with Crippen LogP contribution in [0.3, 0.4) is 0 Å². The summed E-state index contributed by atoms with van der Waals surface area (Å²) >= 11 is 5.91. The highest BCUT2D eigenvalue weighted by molar-refractivity contribution is 7.92. The number of amides is 1. The van der Waals surface area contributed by atoms with Gasteiger partial charge in [0.15, 0.2) is 0 Å². The SMILES string of the molecule is Cc1ccc(N(CC(=O)N(C)C2CCCCC2O)S(=O)(=O)c2ccc(Cl)cc2)cc1. The number of likely N-dealkylation sites (N-methyl/N-ethyl adjacent to an activating group) is 1. The second-order valence-corrected chi connectivity index (χ2v) is 10.0. The molecule has 1 saturated carbocycles. The molecule has 1 fully saturated rings. The standard InChI is InChI=1S/C22H27ClN2O4S/c1-16-7-11-18(12-8-16)25(30(28,29)19-13-9-17(23)10-14-19)15-22(27)24(2)20-5-3-4-6-21(20)26/h7-14,20-21,26H,3-6,15H2,1-2H3. The van der Waals surface area contributed by atoms with Crippen molar-refractivity contribution in [1.29, 1.82) is 0 Å². The number of hydrogen-bond acceptors (Lipinski definition) is 4. The van der Waals surface area contributed by atoms with Gasteiger partial charge < -0.3 is 10.0 Å². The fourth-order valence-corrected chi connectivity index (χ4v) is 5.26. The molecule has 2 atom stereocenters. The minimum Gasteiger partial charge on any atom is -0.391 e. The van der Waals surface area contributed by atoms with E-state index >= 15 is 0 Å². The Labute approximate surface area is 183 Å². The first-order chi connectivity index (χ1) is 14.2. The lowest BCUT2D eigenvalue weighted by atomic mass is 9.91. The first kappa shape index (κ1) is 22.6. The van der Waals surface area contributed by atoms with Crippen molar-refractivity contribution in [2.24, 2.45) is 0 Å². The normalized spacial score (nSPS) is 19.3. The highest BCUT2D eigenvalue weighted by Crippen LogP contribution is 2.27. The predicted octanol–water partition coefficient (Wildman–Crippen LogP) is 3.61. The summed E-state index contributed by atoms with van der Waals surface area (Å²) in [4.78, 5) is 14.6. The van der Waals surface area contributed by atoms with E-state index in [-0.39, 0.29) is 23.4 Å². The molecule has 0 heterocycles. The predicted molar refractivity (Wildman–Crippen MR) is 118 cm³/mol. The van der Waals surface area contributed by atoms with Crippen LogP contribution >= 0.6 is 11.6 Å². The zero-order valence-electron chi connectivity index (χ0n) is 17.2. The first-order valence-corrected chi connectivity index (χ1v) is 11.8. The number of hydrogen-bond donors (Lipinski definition) is 1. The first-order valence-electron chi connectivity index (χ1n) is 9.99. The molecule has 8 heteroatoms. The van der Waals surface area contributed by atoms with Crippen LogP contribution in [-0.4, -0.2) is 50.1 Å². The number of aliphatic hydroxyl groups is 1. The van der Waals surface area contributed by atoms with Crippen molar-refractivity contribution in [3.8, 4) is 0 Å². The Hall–Kier alpha value is -2.09. The highest BCUT2D eigenvalue weighted by Gasteiger charge is 2.33. The average molecular weight is 451 g/mol. The molecular weight excluding hydrogens is 424 g/mol. The van der Waals surface area contributed by atoms with Crippen LogP contribution in [-0.2, 0) is 14.8 Å². The Morgan fingerprint density at radius 1 is 1.07 bits per heavy atom. The van der Waals surface area contributed by atoms with Crippen LogP contribution in [0.5, 0.6) is 0 Å². The Morgan fingerprint density at radius 2 is 1.67 bits per heavy atom. The van der Waals surface area contributed by atoms with E-state index in [0.717, 1.165) is 22.7 Å². The van der Waals surface area contributed by atoms with Crippen molar-refractivity contribution in [3.05, 3.63) is 59.1 Å². The van der Waals surface area contributed by atoms with Crippen molar-refractivity contribution >= 4 is 33.2 Å². The zero-order chi connectivity index (χ0) is 21.9. The third kappa shape index (κ3) is 4.96. The maximum atomic E-state index is 13.4. The van der Waals surface area contributed by atoms with Crippen LogP contribution < -0.4 is 4.31 Å². The summed E-state index contributed by atoms with van der Waals surface area (Å²) in [6.45, 7) is 1.55. The molecule has 1 aliphatic carbocycles. The van der Waals surface area contributed by atoms with Crippen LogP contribution in [0.4, 0.5) is 5.69 Å². The van der Waals surface area contributed by atoms with Gasteiger partial charge in [-0.1, -0.05) is 42.1 Å². The Morgan fingerprint density at radius 3 is 2.27 bits per heavy atom. The summed E-state index contributed by atoms with van der Waals surface area (Å²) < 4.78 is 27.9. The van der Waals surface area contributed by atoms with Crippen molar-refractivity contribution in [1.82, 2.24) is 4.90 Å². The lowest BCUT2D eigenvalue weighted by Crippen LogP contribution is -2.50. The molecule has 0 bridgehead atoms. The minimum absolute atomic E-state index is 0.0561. The topological polar surface area (TPSA) is 77.9 Å². The summed E-state index contributed by atoms with van der Waals surface area (Å²) in [5.74, 6) is -0.362. The summed E-state index contributed by atoms with van der Waals surface area (Å²) in [5, 5.41) is 10.7. The maximum absolute atomic E-state index is 13.4. The molecular formula is C22H27ClN2O4S. The maximum Gasteiger partial charge on any atom is 0.264 e. The van der Waals surface area contributed by atoms with Crippen LogP contribution in [0.15, 0.2) is 53.4 Å². The van der Waals surface area contributed by atoms with Crippen LogP contribution in [0.25, 0.3) is 0 Å². The largest absolute Gasteiger partial charge is 0.391 e. The number of sulfonamides is 1. The van der Waals surface area contributed by atoms with Gasteiger partial charge in [0.2, 0.25) is 5.91 Å². The lowest BCUT2D eigenvalue weighted by molar-refractivity contribution is -0.133. The lowest BCUT2D eigenvalue weighted by Gasteiger charge is -2.36. The van der Waals surface area contributed by atoms with Crippen LogP contribution in [0.2, 0.25) is 5.02 Å². The second kappa shape index (κ2) is 9.37. The van der Waals surface area contributed by atoms with Crippen molar-refractivity contribution in [3.63, 3.8) is 0 Å². The molecule has 0 radical (unpaired) electrons. The third-order valence-corrected chi connectivity index (χ3v) is 7.63. The smallest absolute Gasteiger partial charge is 0.264 e. The Balaban J connectivity index is 1.92. The third-order valence-electron chi connectivity index (χ3n) is 5.59. The van der Waals surface area contributed by atoms with Gasteiger partial charge in [-0.15, -0.1) is 0 Å². The van der Waals surface area contributed by atoms with Gasteiger partial charge in [0, 0.05) is 12.1 Å². The molecule has 2 unspecified atom stereocenters. The summed E-state index contributed by atoms with van der Waals surface area (Å²) in [5.41, 5.74) is 1.39. The van der Waals surface area contributed by atoms with Crippen LogP contribution in [0, 0.1) is 6.92 Å². The fraction of sp³-hybridized carbons (Fsp3) is 0.409. The van der Waals surface area contributed by atoms with Gasteiger partial charge in [-0.3, -0.25) is 9.10 Å². The highest BCUT2D eigenvalue weighted by atomic mass is 35.5. The molecule has 1 N–H and O–H groups in total. The molecule has 2 aromatic carbocycles. The zero-order valence-corrected chi connectivity index (χ0v) is 18.7. The van der Waals surface area contributed by atoms with Crippen LogP contribution in [0.1, 0.15) is 31.2 Å². The number of anilines is 1. The van der Waals surface area contributed by atoms with E-state index in [1.165, 1.54) is 29.2 Å². The molecule has 1 amide bonds. The quantitative estimate of drug-likeness (QED) is 0.729. The van der Waals surface area contributed by atoms with E-state index in [0.29, 0.717) is 23.6 Å². The van der Waals surface area contributed by atoms with E-state index in [9.17, 15) is 18.3 Å². The number of benzene rings is 2. The summed E-state index contributed by atoms with van der Waals surface area (Å²) in [7, 11) is -2.36. The van der Waals surface area contributed by atoms with Crippen molar-refractivity contribution in [2.45, 2.75) is 49.6 Å². The number of carbonyl (C=O) groups is 1. The molecule has 0 saturated heterocycles. The van der Waals surface area contributed by atoms with Gasteiger partial charge in [-0.25, -0.2) is 8.42 Å². The summed E-state index contributed by atoms with van der Waals surface area (Å²) in [6.07, 6.45) is 2.63. The van der Waals surface area contributed by atoms with Gasteiger partial charge in [0.25, 0.3) is 10.0 Å². The number of halogens is 1. The van der Waals surface area contributed by atoms with Crippen molar-refractivity contribution in [2.75, 3.05) is 17.9 Å².